The van der Waals surface area contributed by atoms with Crippen molar-refractivity contribution in [2.75, 3.05) is 27.2 Å². The molecule has 5 rings (SSSR count). The minimum Gasteiger partial charge on any atom is -0.507 e. The molecular formula is C57H77NO3. The Kier molecular flexibility index (Phi) is 15.3. The first-order valence-corrected chi connectivity index (χ1v) is 23.1. The zero-order valence-electron chi connectivity index (χ0n) is 40.8. The Labute approximate surface area is 370 Å². The van der Waals surface area contributed by atoms with Crippen molar-refractivity contribution in [2.45, 2.75) is 152 Å². The Morgan fingerprint density at radius 2 is 0.738 bits per heavy atom. The maximum absolute atomic E-state index is 12.8. The topological polar surface area (TPSA) is 52.9 Å². The van der Waals surface area contributed by atoms with Crippen molar-refractivity contribution in [1.82, 2.24) is 4.90 Å². The van der Waals surface area contributed by atoms with Crippen molar-refractivity contribution in [3.63, 3.8) is 0 Å². The van der Waals surface area contributed by atoms with Gasteiger partial charge < -0.3 is 19.8 Å². The molecule has 0 unspecified atom stereocenters. The van der Waals surface area contributed by atoms with Gasteiger partial charge in [0.05, 0.1) is 6.61 Å². The van der Waals surface area contributed by atoms with Crippen molar-refractivity contribution in [1.29, 1.82) is 0 Å². The number of phenols is 2. The van der Waals surface area contributed by atoms with Gasteiger partial charge in [-0.15, -0.1) is 0 Å². The minimum absolute atomic E-state index is 0.253. The summed E-state index contributed by atoms with van der Waals surface area (Å²) in [6, 6.07) is 22.2. The van der Waals surface area contributed by atoms with Crippen LogP contribution in [0.4, 0.5) is 0 Å². The third-order valence-corrected chi connectivity index (χ3v) is 12.4. The molecule has 61 heavy (non-hydrogen) atoms. The molecule has 4 nitrogen and oxygen atoms in total. The highest BCUT2D eigenvalue weighted by Crippen LogP contribution is 2.52. The molecule has 0 bridgehead atoms. The summed E-state index contributed by atoms with van der Waals surface area (Å²) in [6.07, 6.45) is 1.87. The van der Waals surface area contributed by atoms with Crippen molar-refractivity contribution in [3.8, 4) is 61.8 Å². The molecule has 0 atom stereocenters. The molecule has 0 aromatic heterocycles. The normalized spacial score (nSPS) is 12.1. The maximum atomic E-state index is 12.8. The van der Waals surface area contributed by atoms with Gasteiger partial charge in [0.25, 0.3) is 0 Å². The van der Waals surface area contributed by atoms with E-state index in [0.717, 1.165) is 80.6 Å². The monoisotopic (exact) mass is 824 g/mol. The van der Waals surface area contributed by atoms with Gasteiger partial charge in [0.2, 0.25) is 0 Å². The fourth-order valence-electron chi connectivity index (χ4n) is 8.92. The van der Waals surface area contributed by atoms with Crippen LogP contribution >= 0.6 is 0 Å². The molecule has 328 valence electrons. The van der Waals surface area contributed by atoms with Crippen LogP contribution in [0.1, 0.15) is 182 Å². The van der Waals surface area contributed by atoms with E-state index in [1.165, 1.54) is 33.4 Å². The molecule has 0 aliphatic carbocycles. The Bertz CT molecular complexity index is 2130. The predicted octanol–water partition coefficient (Wildman–Crippen LogP) is 16.2. The number of hydrogen-bond donors (Lipinski definition) is 2. The van der Waals surface area contributed by atoms with E-state index in [0.29, 0.717) is 24.2 Å². The second-order valence-electron chi connectivity index (χ2n) is 20.0. The first-order chi connectivity index (χ1) is 28.6. The fourth-order valence-corrected chi connectivity index (χ4v) is 8.92. The zero-order chi connectivity index (χ0) is 45.2. The van der Waals surface area contributed by atoms with Crippen LogP contribution in [0, 0.1) is 20.8 Å². The van der Waals surface area contributed by atoms with Gasteiger partial charge in [-0.3, -0.25) is 0 Å². The van der Waals surface area contributed by atoms with Gasteiger partial charge in [-0.1, -0.05) is 107 Å². The molecule has 0 radical (unpaired) electrons. The van der Waals surface area contributed by atoms with Gasteiger partial charge in [0.15, 0.2) is 0 Å². The number of phenolic OH excluding ortho intramolecular Hbond substituents is 2. The Morgan fingerprint density at radius 1 is 0.426 bits per heavy atom. The number of aryl methyl sites for hydroxylation is 3. The Hall–Kier alpha value is -4.54. The summed E-state index contributed by atoms with van der Waals surface area (Å²) in [5, 5.41) is 25.5. The second-order valence-corrected chi connectivity index (χ2v) is 20.0. The second kappa shape index (κ2) is 19.7. The molecular weight excluding hydrogens is 747 g/mol. The number of nitrogens with zero attached hydrogens (tertiary/aromatic N) is 1. The quantitative estimate of drug-likeness (QED) is 0.0974. The van der Waals surface area contributed by atoms with E-state index >= 15 is 0 Å². The first kappa shape index (κ1) is 47.5. The van der Waals surface area contributed by atoms with Gasteiger partial charge >= 0.3 is 0 Å². The molecule has 0 heterocycles. The lowest BCUT2D eigenvalue weighted by Gasteiger charge is -2.26. The minimum atomic E-state index is 0.253. The molecule has 5 aromatic carbocycles. The van der Waals surface area contributed by atoms with Crippen molar-refractivity contribution in [3.05, 3.63) is 111 Å². The third kappa shape index (κ3) is 10.4. The number of ether oxygens (including phenoxy) is 1. The standard InChI is InChI=1S/C57H77NO3/c1-32(2)41-28-43(34(5)6)53(44(29-41)35(7)8)51-26-38(13)22-47(55(51)59)49-24-40(15)25-50(57(49)61-21-19-18-20-58(16)17)48-23-39(14)27-52(56(48)60)54-45(36(9)10)30-42(33(3)4)31-46(54)37(11)12/h22-37,59-60H,18-21H2,1-17H3. The van der Waals surface area contributed by atoms with E-state index in [-0.39, 0.29) is 35.2 Å². The van der Waals surface area contributed by atoms with Crippen LogP contribution in [0.3, 0.4) is 0 Å². The van der Waals surface area contributed by atoms with Crippen molar-refractivity contribution < 1.29 is 14.9 Å². The van der Waals surface area contributed by atoms with Crippen molar-refractivity contribution >= 4 is 0 Å². The van der Waals surface area contributed by atoms with Crippen LogP contribution in [0.25, 0.3) is 44.5 Å². The van der Waals surface area contributed by atoms with E-state index in [1.807, 2.05) is 0 Å². The van der Waals surface area contributed by atoms with E-state index in [1.54, 1.807) is 0 Å². The van der Waals surface area contributed by atoms with E-state index < -0.39 is 0 Å². The maximum Gasteiger partial charge on any atom is 0.135 e. The predicted molar refractivity (Wildman–Crippen MR) is 264 cm³/mol. The highest BCUT2D eigenvalue weighted by atomic mass is 16.5. The molecule has 0 amide bonds. The lowest BCUT2D eigenvalue weighted by Crippen LogP contribution is -2.14. The van der Waals surface area contributed by atoms with Crippen LogP contribution < -0.4 is 4.74 Å². The van der Waals surface area contributed by atoms with Gasteiger partial charge in [-0.2, -0.15) is 0 Å². The van der Waals surface area contributed by atoms with Gasteiger partial charge in [-0.25, -0.2) is 0 Å². The largest absolute Gasteiger partial charge is 0.507 e. The number of aromatic hydroxyl groups is 2. The molecule has 4 heteroatoms. The number of hydrogen-bond acceptors (Lipinski definition) is 4. The summed E-state index contributed by atoms with van der Waals surface area (Å²) < 4.78 is 6.99. The lowest BCUT2D eigenvalue weighted by molar-refractivity contribution is 0.295. The summed E-state index contributed by atoms with van der Waals surface area (Å²) in [6.45, 7) is 34.9. The molecule has 0 aliphatic rings. The zero-order valence-corrected chi connectivity index (χ0v) is 40.8. The van der Waals surface area contributed by atoms with Crippen LogP contribution in [0.15, 0.2) is 60.7 Å². The fraction of sp³-hybridized carbons (Fsp3) is 0.474. The summed E-state index contributed by atoms with van der Waals surface area (Å²) in [5.74, 6) is 3.00. The van der Waals surface area contributed by atoms with Gasteiger partial charge in [0, 0.05) is 33.4 Å². The summed E-state index contributed by atoms with van der Waals surface area (Å²) in [7, 11) is 4.20. The van der Waals surface area contributed by atoms with E-state index in [4.69, 9.17) is 4.74 Å². The summed E-state index contributed by atoms with van der Waals surface area (Å²) in [5.41, 5.74) is 17.9. The Balaban J connectivity index is 1.86. The average molecular weight is 824 g/mol. The number of benzene rings is 5. The van der Waals surface area contributed by atoms with Crippen LogP contribution in [0.5, 0.6) is 17.2 Å². The first-order valence-electron chi connectivity index (χ1n) is 23.1. The lowest BCUT2D eigenvalue weighted by atomic mass is 9.80. The van der Waals surface area contributed by atoms with Gasteiger partial charge in [0.1, 0.15) is 17.2 Å². The van der Waals surface area contributed by atoms with Crippen molar-refractivity contribution in [2.24, 2.45) is 0 Å². The SMILES string of the molecule is Cc1cc(-c2cc(C)cc(-c3cc(C)cc(-c4c(C(C)C)cc(C(C)C)cc4C(C)C)c3O)c2OCCCCN(C)C)c(O)c(-c2c(C(C)C)cc(C(C)C)cc2C(C)C)c1. The average Bonchev–Trinajstić information content (AvgIpc) is 3.18. The highest BCUT2D eigenvalue weighted by molar-refractivity contribution is 5.94. The highest BCUT2D eigenvalue weighted by Gasteiger charge is 2.28. The molecule has 2 N–H and O–H groups in total. The molecule has 0 saturated heterocycles. The molecule has 0 fully saturated rings. The Morgan fingerprint density at radius 3 is 1.03 bits per heavy atom. The van der Waals surface area contributed by atoms with E-state index in [2.05, 4.69) is 184 Å². The van der Waals surface area contributed by atoms with Crippen LogP contribution in [-0.2, 0) is 0 Å². The number of rotatable bonds is 16. The molecule has 0 saturated carbocycles. The number of unbranched alkanes of at least 4 members (excludes halogenated alkanes) is 1. The molecule has 0 aliphatic heterocycles. The summed E-state index contributed by atoms with van der Waals surface area (Å²) >= 11 is 0. The summed E-state index contributed by atoms with van der Waals surface area (Å²) in [4.78, 5) is 2.20. The smallest absolute Gasteiger partial charge is 0.135 e. The van der Waals surface area contributed by atoms with Gasteiger partial charge in [-0.05, 0) is 187 Å². The molecule has 0 spiro atoms. The van der Waals surface area contributed by atoms with Crippen LogP contribution in [0.2, 0.25) is 0 Å². The third-order valence-electron chi connectivity index (χ3n) is 12.4. The van der Waals surface area contributed by atoms with Crippen LogP contribution in [-0.4, -0.2) is 42.4 Å². The molecule has 5 aromatic rings. The van der Waals surface area contributed by atoms with E-state index in [9.17, 15) is 10.2 Å².